The van der Waals surface area contributed by atoms with Crippen LogP contribution in [0.2, 0.25) is 0 Å². The van der Waals surface area contributed by atoms with Gasteiger partial charge in [0.1, 0.15) is 0 Å². The zero-order chi connectivity index (χ0) is 10.7. The van der Waals surface area contributed by atoms with Gasteiger partial charge in [0.25, 0.3) is 0 Å². The third-order valence-corrected chi connectivity index (χ3v) is 1.91. The Morgan fingerprint density at radius 1 is 1.29 bits per heavy atom. The van der Waals surface area contributed by atoms with Gasteiger partial charge in [-0.25, -0.2) is 4.79 Å². The molecule has 0 radical (unpaired) electrons. The maximum atomic E-state index is 10.7. The Labute approximate surface area is 82.1 Å². The molecular formula is C10H12O4. The van der Waals surface area contributed by atoms with Crippen LogP contribution in [0.15, 0.2) is 12.1 Å². The predicted octanol–water partition coefficient (Wildman–Crippen LogP) is 1.71. The lowest BCUT2D eigenvalue weighted by Gasteiger charge is -2.10. The number of hydrogen-bond donors (Lipinski definition) is 1. The highest BCUT2D eigenvalue weighted by Crippen LogP contribution is 2.31. The van der Waals surface area contributed by atoms with E-state index < -0.39 is 5.97 Å². The Hall–Kier alpha value is -1.71. The van der Waals surface area contributed by atoms with Crippen LogP contribution in [-0.2, 0) is 0 Å². The summed E-state index contributed by atoms with van der Waals surface area (Å²) in [6.45, 7) is 1.77. The fraction of sp³-hybridized carbons (Fsp3) is 0.300. The fourth-order valence-corrected chi connectivity index (χ4v) is 1.28. The molecule has 0 atom stereocenters. The molecule has 0 unspecified atom stereocenters. The minimum Gasteiger partial charge on any atom is -0.493 e. The summed E-state index contributed by atoms with van der Waals surface area (Å²) in [4.78, 5) is 10.7. The summed E-state index contributed by atoms with van der Waals surface area (Å²) in [5, 5.41) is 8.80. The summed E-state index contributed by atoms with van der Waals surface area (Å²) < 4.78 is 10.1. The molecule has 0 aliphatic rings. The minimum atomic E-state index is -0.978. The first-order chi connectivity index (χ1) is 6.60. The molecule has 1 N–H and O–H groups in total. The second kappa shape index (κ2) is 4.00. The van der Waals surface area contributed by atoms with Gasteiger partial charge in [-0.3, -0.25) is 0 Å². The molecule has 14 heavy (non-hydrogen) atoms. The summed E-state index contributed by atoms with van der Waals surface area (Å²) >= 11 is 0. The van der Waals surface area contributed by atoms with E-state index in [-0.39, 0.29) is 5.56 Å². The maximum Gasteiger partial charge on any atom is 0.335 e. The van der Waals surface area contributed by atoms with E-state index in [2.05, 4.69) is 0 Å². The molecule has 0 spiro atoms. The average molecular weight is 196 g/mol. The van der Waals surface area contributed by atoms with Crippen molar-refractivity contribution >= 4 is 5.97 Å². The number of carboxylic acids is 1. The number of methoxy groups -OCH3 is 2. The molecule has 1 aromatic rings. The second-order valence-corrected chi connectivity index (χ2v) is 2.83. The number of ether oxygens (including phenoxy) is 2. The molecule has 0 heterocycles. The van der Waals surface area contributed by atoms with E-state index in [0.717, 1.165) is 5.56 Å². The molecule has 1 aromatic carbocycles. The van der Waals surface area contributed by atoms with Crippen molar-refractivity contribution < 1.29 is 19.4 Å². The highest BCUT2D eigenvalue weighted by molar-refractivity contribution is 5.89. The zero-order valence-electron chi connectivity index (χ0n) is 8.33. The van der Waals surface area contributed by atoms with Crippen molar-refractivity contribution in [2.45, 2.75) is 6.92 Å². The van der Waals surface area contributed by atoms with Crippen LogP contribution < -0.4 is 9.47 Å². The smallest absolute Gasteiger partial charge is 0.335 e. The van der Waals surface area contributed by atoms with Crippen LogP contribution in [0.3, 0.4) is 0 Å². The van der Waals surface area contributed by atoms with Gasteiger partial charge in [-0.2, -0.15) is 0 Å². The van der Waals surface area contributed by atoms with E-state index in [1.165, 1.54) is 20.3 Å². The Bertz CT molecular complexity index is 357. The molecule has 0 aliphatic heterocycles. The lowest BCUT2D eigenvalue weighted by Crippen LogP contribution is -2.00. The number of carbonyl (C=O) groups is 1. The minimum absolute atomic E-state index is 0.195. The van der Waals surface area contributed by atoms with E-state index in [9.17, 15) is 4.79 Å². The molecule has 4 nitrogen and oxygen atoms in total. The Kier molecular flexibility index (Phi) is 2.96. The largest absolute Gasteiger partial charge is 0.493 e. The van der Waals surface area contributed by atoms with Gasteiger partial charge in [0.2, 0.25) is 0 Å². The van der Waals surface area contributed by atoms with Crippen LogP contribution in [0.25, 0.3) is 0 Å². The average Bonchev–Trinajstić information content (AvgIpc) is 2.16. The topological polar surface area (TPSA) is 55.8 Å². The van der Waals surface area contributed by atoms with E-state index >= 15 is 0 Å². The summed E-state index contributed by atoms with van der Waals surface area (Å²) in [6, 6.07) is 2.98. The van der Waals surface area contributed by atoms with E-state index in [1.807, 2.05) is 0 Å². The van der Waals surface area contributed by atoms with Crippen molar-refractivity contribution in [2.24, 2.45) is 0 Å². The van der Waals surface area contributed by atoms with Crippen LogP contribution in [0.5, 0.6) is 11.5 Å². The Balaban J connectivity index is 3.31. The molecule has 0 saturated heterocycles. The SMILES string of the molecule is COc1cc(C(=O)O)cc(C)c1OC. The van der Waals surface area contributed by atoms with Crippen LogP contribution >= 0.6 is 0 Å². The van der Waals surface area contributed by atoms with Crippen molar-refractivity contribution in [1.29, 1.82) is 0 Å². The number of hydrogen-bond acceptors (Lipinski definition) is 3. The summed E-state index contributed by atoms with van der Waals surface area (Å²) in [6.07, 6.45) is 0. The first-order valence-corrected chi connectivity index (χ1v) is 4.06. The Morgan fingerprint density at radius 2 is 1.93 bits per heavy atom. The van der Waals surface area contributed by atoms with Crippen LogP contribution in [0, 0.1) is 6.92 Å². The van der Waals surface area contributed by atoms with Crippen molar-refractivity contribution in [3.8, 4) is 11.5 Å². The summed E-state index contributed by atoms with van der Waals surface area (Å²) in [7, 11) is 2.99. The van der Waals surface area contributed by atoms with Crippen LogP contribution in [0.1, 0.15) is 15.9 Å². The highest BCUT2D eigenvalue weighted by Gasteiger charge is 2.12. The normalized spacial score (nSPS) is 9.64. The fourth-order valence-electron chi connectivity index (χ4n) is 1.28. The van der Waals surface area contributed by atoms with Crippen molar-refractivity contribution in [3.63, 3.8) is 0 Å². The standard InChI is InChI=1S/C10H12O4/c1-6-4-7(10(11)12)5-8(13-2)9(6)14-3/h4-5H,1-3H3,(H,11,12). The lowest BCUT2D eigenvalue weighted by molar-refractivity contribution is 0.0696. The summed E-state index contributed by atoms with van der Waals surface area (Å²) in [5.41, 5.74) is 0.935. The van der Waals surface area contributed by atoms with E-state index in [0.29, 0.717) is 11.5 Å². The molecule has 0 saturated carbocycles. The number of benzene rings is 1. The van der Waals surface area contributed by atoms with E-state index in [1.54, 1.807) is 13.0 Å². The van der Waals surface area contributed by atoms with E-state index in [4.69, 9.17) is 14.6 Å². The monoisotopic (exact) mass is 196 g/mol. The quantitative estimate of drug-likeness (QED) is 0.799. The zero-order valence-corrected chi connectivity index (χ0v) is 8.33. The number of rotatable bonds is 3. The number of aromatic carboxylic acids is 1. The van der Waals surface area contributed by atoms with Gasteiger partial charge in [-0.05, 0) is 24.6 Å². The van der Waals surface area contributed by atoms with Gasteiger partial charge in [-0.1, -0.05) is 0 Å². The van der Waals surface area contributed by atoms with Crippen molar-refractivity contribution in [2.75, 3.05) is 14.2 Å². The highest BCUT2D eigenvalue weighted by atomic mass is 16.5. The van der Waals surface area contributed by atoms with Crippen molar-refractivity contribution in [1.82, 2.24) is 0 Å². The molecule has 0 amide bonds. The molecular weight excluding hydrogens is 184 g/mol. The van der Waals surface area contributed by atoms with Crippen LogP contribution in [-0.4, -0.2) is 25.3 Å². The maximum absolute atomic E-state index is 10.7. The molecule has 1 rings (SSSR count). The molecule has 0 aromatic heterocycles. The molecule has 4 heteroatoms. The second-order valence-electron chi connectivity index (χ2n) is 2.83. The number of aryl methyl sites for hydroxylation is 1. The first-order valence-electron chi connectivity index (χ1n) is 4.06. The van der Waals surface area contributed by atoms with Crippen LogP contribution in [0.4, 0.5) is 0 Å². The molecule has 0 fully saturated rings. The predicted molar refractivity (Wildman–Crippen MR) is 51.2 cm³/mol. The number of carboxylic acid groups (broad SMARTS) is 1. The van der Waals surface area contributed by atoms with Crippen molar-refractivity contribution in [3.05, 3.63) is 23.3 Å². The third-order valence-electron chi connectivity index (χ3n) is 1.91. The molecule has 0 aliphatic carbocycles. The molecule has 76 valence electrons. The Morgan fingerprint density at radius 3 is 2.36 bits per heavy atom. The van der Waals surface area contributed by atoms with Gasteiger partial charge in [-0.15, -0.1) is 0 Å². The van der Waals surface area contributed by atoms with Gasteiger partial charge < -0.3 is 14.6 Å². The van der Waals surface area contributed by atoms with Gasteiger partial charge in [0.05, 0.1) is 19.8 Å². The lowest BCUT2D eigenvalue weighted by atomic mass is 10.1. The van der Waals surface area contributed by atoms with Gasteiger partial charge >= 0.3 is 5.97 Å². The van der Waals surface area contributed by atoms with Gasteiger partial charge in [0, 0.05) is 0 Å². The summed E-state index contributed by atoms with van der Waals surface area (Å²) in [5.74, 6) is 0.0245. The van der Waals surface area contributed by atoms with Gasteiger partial charge in [0.15, 0.2) is 11.5 Å². The first kappa shape index (κ1) is 10.4. The third kappa shape index (κ3) is 1.79. The molecule has 0 bridgehead atoms.